The molecule has 7 heteroatoms. The van der Waals surface area contributed by atoms with E-state index in [4.69, 9.17) is 28.5 Å². The second-order valence-electron chi connectivity index (χ2n) is 4.21. The summed E-state index contributed by atoms with van der Waals surface area (Å²) in [4.78, 5) is -0.0582. The average Bonchev–Trinajstić information content (AvgIpc) is 2.46. The Kier molecular flexibility index (Phi) is 4.86. The monoisotopic (exact) mass is 340 g/mol. The number of hydrogen-bond donors (Lipinski definition) is 1. The Bertz CT molecular complexity index is 797. The van der Waals surface area contributed by atoms with E-state index in [9.17, 15) is 8.42 Å². The van der Waals surface area contributed by atoms with Gasteiger partial charge in [0.25, 0.3) is 0 Å². The summed E-state index contributed by atoms with van der Waals surface area (Å²) in [6.45, 7) is 0.121. The van der Waals surface area contributed by atoms with E-state index in [2.05, 4.69) is 4.72 Å². The maximum absolute atomic E-state index is 12.2. The molecule has 108 valence electrons. The van der Waals surface area contributed by atoms with Crippen LogP contribution in [-0.4, -0.2) is 8.42 Å². The first kappa shape index (κ1) is 15.8. The highest BCUT2D eigenvalue weighted by Gasteiger charge is 2.17. The van der Waals surface area contributed by atoms with Crippen LogP contribution in [0.3, 0.4) is 0 Å². The van der Waals surface area contributed by atoms with Crippen molar-refractivity contribution in [2.45, 2.75) is 11.4 Å². The fourth-order valence-corrected chi connectivity index (χ4v) is 3.33. The minimum Gasteiger partial charge on any atom is -0.207 e. The molecule has 0 saturated carbocycles. The Morgan fingerprint density at radius 3 is 2.33 bits per heavy atom. The molecule has 2 aromatic carbocycles. The lowest BCUT2D eigenvalue weighted by Crippen LogP contribution is -2.23. The molecule has 0 unspecified atom stereocenters. The van der Waals surface area contributed by atoms with E-state index in [1.165, 1.54) is 18.2 Å². The molecule has 0 radical (unpaired) electrons. The van der Waals surface area contributed by atoms with E-state index in [1.807, 2.05) is 6.07 Å². The van der Waals surface area contributed by atoms with Crippen molar-refractivity contribution in [3.8, 4) is 6.07 Å². The third-order valence-electron chi connectivity index (χ3n) is 2.73. The molecule has 4 nitrogen and oxygen atoms in total. The van der Waals surface area contributed by atoms with Crippen molar-refractivity contribution in [2.24, 2.45) is 0 Å². The summed E-state index contributed by atoms with van der Waals surface area (Å²) in [5, 5.41) is 9.34. The van der Waals surface area contributed by atoms with E-state index in [1.54, 1.807) is 24.3 Å². The number of sulfonamides is 1. The molecular formula is C14H10Cl2N2O2S. The summed E-state index contributed by atoms with van der Waals surface area (Å²) in [6.07, 6.45) is 0. The van der Waals surface area contributed by atoms with E-state index in [-0.39, 0.29) is 16.5 Å². The van der Waals surface area contributed by atoms with Gasteiger partial charge in [0.05, 0.1) is 16.7 Å². The van der Waals surface area contributed by atoms with Crippen LogP contribution in [0.1, 0.15) is 11.1 Å². The van der Waals surface area contributed by atoms with Gasteiger partial charge in [-0.2, -0.15) is 5.26 Å². The molecule has 0 atom stereocenters. The highest BCUT2D eigenvalue weighted by atomic mass is 35.5. The summed E-state index contributed by atoms with van der Waals surface area (Å²) in [7, 11) is -3.75. The third kappa shape index (κ3) is 3.96. The maximum atomic E-state index is 12.2. The van der Waals surface area contributed by atoms with Crippen LogP contribution in [0.15, 0.2) is 47.4 Å². The fourth-order valence-electron chi connectivity index (χ4n) is 1.65. The minimum atomic E-state index is -3.75. The largest absolute Gasteiger partial charge is 0.242 e. The Hall–Kier alpha value is -1.58. The number of nitriles is 1. The molecular weight excluding hydrogens is 331 g/mol. The zero-order chi connectivity index (χ0) is 15.5. The van der Waals surface area contributed by atoms with Crippen LogP contribution < -0.4 is 4.72 Å². The number of benzene rings is 2. The molecule has 0 spiro atoms. The molecule has 0 aromatic heterocycles. The fraction of sp³-hybridized carbons (Fsp3) is 0.0714. The van der Waals surface area contributed by atoms with Gasteiger partial charge in [0.15, 0.2) is 0 Å². The zero-order valence-electron chi connectivity index (χ0n) is 10.7. The van der Waals surface area contributed by atoms with Gasteiger partial charge < -0.3 is 0 Å². The van der Waals surface area contributed by atoms with Gasteiger partial charge in [-0.15, -0.1) is 0 Å². The number of nitrogens with zero attached hydrogens (tertiary/aromatic N) is 1. The van der Waals surface area contributed by atoms with Gasteiger partial charge in [-0.05, 0) is 35.9 Å². The molecule has 0 saturated heterocycles. The SMILES string of the molecule is N#Cc1ccc(S(=O)(=O)NCc2ccc(Cl)cc2)c(Cl)c1. The minimum absolute atomic E-state index is 0.0117. The zero-order valence-corrected chi connectivity index (χ0v) is 13.0. The Morgan fingerprint density at radius 1 is 1.10 bits per heavy atom. The summed E-state index contributed by atoms with van der Waals surface area (Å²) in [5.41, 5.74) is 1.07. The Morgan fingerprint density at radius 2 is 1.76 bits per heavy atom. The normalized spacial score (nSPS) is 11.1. The molecule has 0 aliphatic heterocycles. The summed E-state index contributed by atoms with van der Waals surface area (Å²) in [5.74, 6) is 0. The van der Waals surface area contributed by atoms with Crippen molar-refractivity contribution in [3.05, 3.63) is 63.6 Å². The van der Waals surface area contributed by atoms with Crippen LogP contribution >= 0.6 is 23.2 Å². The van der Waals surface area contributed by atoms with Gasteiger partial charge in [0, 0.05) is 11.6 Å². The molecule has 0 aliphatic carbocycles. The van der Waals surface area contributed by atoms with E-state index >= 15 is 0 Å². The summed E-state index contributed by atoms with van der Waals surface area (Å²) >= 11 is 11.7. The Labute approximate surface area is 133 Å². The topological polar surface area (TPSA) is 70.0 Å². The van der Waals surface area contributed by atoms with Gasteiger partial charge in [-0.3, -0.25) is 0 Å². The van der Waals surface area contributed by atoms with E-state index in [0.717, 1.165) is 5.56 Å². The quantitative estimate of drug-likeness (QED) is 0.927. The third-order valence-corrected chi connectivity index (χ3v) is 4.87. The first-order chi connectivity index (χ1) is 9.92. The van der Waals surface area contributed by atoms with Gasteiger partial charge in [-0.25, -0.2) is 13.1 Å². The van der Waals surface area contributed by atoms with Crippen LogP contribution in [-0.2, 0) is 16.6 Å². The van der Waals surface area contributed by atoms with Crippen LogP contribution in [0.4, 0.5) is 0 Å². The van der Waals surface area contributed by atoms with Crippen LogP contribution in [0, 0.1) is 11.3 Å². The van der Waals surface area contributed by atoms with Crippen molar-refractivity contribution in [3.63, 3.8) is 0 Å². The molecule has 0 fully saturated rings. The first-order valence-corrected chi connectivity index (χ1v) is 8.10. The second-order valence-corrected chi connectivity index (χ2v) is 6.79. The highest BCUT2D eigenvalue weighted by molar-refractivity contribution is 7.89. The van der Waals surface area contributed by atoms with Crippen molar-refractivity contribution in [1.29, 1.82) is 5.26 Å². The highest BCUT2D eigenvalue weighted by Crippen LogP contribution is 2.22. The lowest BCUT2D eigenvalue weighted by molar-refractivity contribution is 0.581. The number of rotatable bonds is 4. The number of nitrogens with one attached hydrogen (secondary N) is 1. The molecule has 0 aliphatic rings. The molecule has 1 N–H and O–H groups in total. The van der Waals surface area contributed by atoms with Crippen molar-refractivity contribution in [1.82, 2.24) is 4.72 Å². The predicted molar refractivity (Wildman–Crippen MR) is 81.6 cm³/mol. The van der Waals surface area contributed by atoms with Crippen molar-refractivity contribution < 1.29 is 8.42 Å². The summed E-state index contributed by atoms with van der Waals surface area (Å²) < 4.78 is 26.8. The van der Waals surface area contributed by atoms with E-state index < -0.39 is 10.0 Å². The second kappa shape index (κ2) is 6.46. The number of hydrogen-bond acceptors (Lipinski definition) is 3. The lowest BCUT2D eigenvalue weighted by Gasteiger charge is -2.08. The predicted octanol–water partition coefficient (Wildman–Crippen LogP) is 3.34. The van der Waals surface area contributed by atoms with Crippen LogP contribution in [0.25, 0.3) is 0 Å². The molecule has 0 heterocycles. The molecule has 2 aromatic rings. The van der Waals surface area contributed by atoms with Crippen molar-refractivity contribution in [2.75, 3.05) is 0 Å². The van der Waals surface area contributed by atoms with E-state index in [0.29, 0.717) is 10.6 Å². The van der Waals surface area contributed by atoms with Gasteiger partial charge in [0.2, 0.25) is 10.0 Å². The van der Waals surface area contributed by atoms with Gasteiger partial charge in [0.1, 0.15) is 4.90 Å². The standard InChI is InChI=1S/C14H10Cl2N2O2S/c15-12-4-1-10(2-5-12)9-18-21(19,20)14-6-3-11(8-17)7-13(14)16/h1-7,18H,9H2. The molecule has 0 bridgehead atoms. The number of halogens is 2. The van der Waals surface area contributed by atoms with Crippen LogP contribution in [0.2, 0.25) is 10.0 Å². The molecule has 21 heavy (non-hydrogen) atoms. The summed E-state index contributed by atoms with van der Waals surface area (Å²) in [6, 6.07) is 12.7. The lowest BCUT2D eigenvalue weighted by atomic mass is 10.2. The molecule has 2 rings (SSSR count). The first-order valence-electron chi connectivity index (χ1n) is 5.86. The van der Waals surface area contributed by atoms with Crippen LogP contribution in [0.5, 0.6) is 0 Å². The average molecular weight is 341 g/mol. The van der Waals surface area contributed by atoms with Crippen molar-refractivity contribution >= 4 is 33.2 Å². The Balaban J connectivity index is 2.19. The van der Waals surface area contributed by atoms with Gasteiger partial charge >= 0.3 is 0 Å². The molecule has 0 amide bonds. The van der Waals surface area contributed by atoms with Gasteiger partial charge in [-0.1, -0.05) is 35.3 Å². The maximum Gasteiger partial charge on any atom is 0.242 e. The smallest absolute Gasteiger partial charge is 0.207 e.